The van der Waals surface area contributed by atoms with E-state index in [-0.39, 0.29) is 22.3 Å². The molecule has 1 N–H and O–H groups in total. The quantitative estimate of drug-likeness (QED) is 0.847. The number of nitrogens with one attached hydrogen (secondary N) is 1. The van der Waals surface area contributed by atoms with Crippen molar-refractivity contribution in [2.45, 2.75) is 13.0 Å². The van der Waals surface area contributed by atoms with E-state index in [1.807, 2.05) is 6.92 Å². The van der Waals surface area contributed by atoms with Crippen molar-refractivity contribution in [1.29, 1.82) is 0 Å². The van der Waals surface area contributed by atoms with E-state index in [1.165, 1.54) is 12.1 Å². The summed E-state index contributed by atoms with van der Waals surface area (Å²) in [5.74, 6) is -0.254. The predicted molar refractivity (Wildman–Crippen MR) is 63.1 cm³/mol. The van der Waals surface area contributed by atoms with Crippen LogP contribution in [-0.4, -0.2) is 30.6 Å². The van der Waals surface area contributed by atoms with Gasteiger partial charge in [0.25, 0.3) is 5.91 Å². The number of ether oxygens (including phenoxy) is 1. The summed E-state index contributed by atoms with van der Waals surface area (Å²) in [6.45, 7) is 2.28. The largest absolute Gasteiger partial charge is 0.383 e. The first-order valence-corrected chi connectivity index (χ1v) is 5.41. The number of carbonyl (C=O) groups is 1. The van der Waals surface area contributed by atoms with Gasteiger partial charge in [0, 0.05) is 18.7 Å². The molecule has 0 aliphatic carbocycles. The van der Waals surface area contributed by atoms with Gasteiger partial charge in [-0.3, -0.25) is 4.79 Å². The summed E-state index contributed by atoms with van der Waals surface area (Å²) >= 11 is 11.4. The van der Waals surface area contributed by atoms with Crippen LogP contribution in [0.2, 0.25) is 10.3 Å². The van der Waals surface area contributed by atoms with Crippen molar-refractivity contribution in [2.24, 2.45) is 0 Å². The number of aromatic nitrogens is 1. The van der Waals surface area contributed by atoms with Crippen LogP contribution in [0, 0.1) is 0 Å². The van der Waals surface area contributed by atoms with Gasteiger partial charge in [0.1, 0.15) is 10.3 Å². The molecule has 1 atom stereocenters. The monoisotopic (exact) mass is 262 g/mol. The molecule has 0 aliphatic heterocycles. The van der Waals surface area contributed by atoms with E-state index in [0.29, 0.717) is 12.2 Å². The van der Waals surface area contributed by atoms with Gasteiger partial charge in [0.05, 0.1) is 6.61 Å². The normalized spacial score (nSPS) is 12.2. The van der Waals surface area contributed by atoms with Crippen molar-refractivity contribution in [3.05, 3.63) is 28.0 Å². The molecule has 0 radical (unpaired) electrons. The van der Waals surface area contributed by atoms with E-state index in [2.05, 4.69) is 10.3 Å². The highest BCUT2D eigenvalue weighted by Crippen LogP contribution is 2.14. The third-order valence-electron chi connectivity index (χ3n) is 1.82. The Balaban J connectivity index is 2.72. The van der Waals surface area contributed by atoms with Gasteiger partial charge >= 0.3 is 0 Å². The van der Waals surface area contributed by atoms with Crippen LogP contribution in [-0.2, 0) is 4.74 Å². The number of carbonyl (C=O) groups excluding carboxylic acids is 1. The topological polar surface area (TPSA) is 51.2 Å². The Morgan fingerprint density at radius 2 is 2.06 bits per heavy atom. The lowest BCUT2D eigenvalue weighted by Crippen LogP contribution is -2.35. The van der Waals surface area contributed by atoms with Crippen molar-refractivity contribution < 1.29 is 9.53 Å². The van der Waals surface area contributed by atoms with Crippen molar-refractivity contribution >= 4 is 29.1 Å². The van der Waals surface area contributed by atoms with Gasteiger partial charge in [-0.25, -0.2) is 4.98 Å². The summed E-state index contributed by atoms with van der Waals surface area (Å²) in [7, 11) is 1.57. The molecule has 4 nitrogen and oxygen atoms in total. The predicted octanol–water partition coefficient (Wildman–Crippen LogP) is 2.15. The first-order chi connectivity index (χ1) is 7.52. The van der Waals surface area contributed by atoms with E-state index in [1.54, 1.807) is 7.11 Å². The van der Waals surface area contributed by atoms with Gasteiger partial charge in [-0.2, -0.15) is 0 Å². The Morgan fingerprint density at radius 1 is 1.50 bits per heavy atom. The van der Waals surface area contributed by atoms with Gasteiger partial charge in [0.15, 0.2) is 0 Å². The minimum absolute atomic E-state index is 0.0804. The summed E-state index contributed by atoms with van der Waals surface area (Å²) in [5, 5.41) is 3.13. The molecule has 1 unspecified atom stereocenters. The first kappa shape index (κ1) is 13.2. The number of hydrogen-bond acceptors (Lipinski definition) is 3. The van der Waals surface area contributed by atoms with Crippen LogP contribution < -0.4 is 5.32 Å². The second kappa shape index (κ2) is 6.03. The highest BCUT2D eigenvalue weighted by molar-refractivity contribution is 6.33. The average molecular weight is 263 g/mol. The molecule has 1 rings (SSSR count). The third kappa shape index (κ3) is 3.96. The number of nitrogens with zero attached hydrogens (tertiary/aromatic N) is 1. The Kier molecular flexibility index (Phi) is 4.99. The molecule has 0 saturated carbocycles. The van der Waals surface area contributed by atoms with E-state index >= 15 is 0 Å². The summed E-state index contributed by atoms with van der Waals surface area (Å²) in [4.78, 5) is 15.5. The zero-order chi connectivity index (χ0) is 12.1. The van der Waals surface area contributed by atoms with Crippen LogP contribution in [0.25, 0.3) is 0 Å². The molecular weight excluding hydrogens is 251 g/mol. The highest BCUT2D eigenvalue weighted by atomic mass is 35.5. The van der Waals surface area contributed by atoms with Gasteiger partial charge in [-0.05, 0) is 19.1 Å². The Bertz CT molecular complexity index is 365. The summed E-state index contributed by atoms with van der Waals surface area (Å²) < 4.78 is 4.91. The molecule has 1 heterocycles. The zero-order valence-corrected chi connectivity index (χ0v) is 10.5. The molecule has 16 heavy (non-hydrogen) atoms. The van der Waals surface area contributed by atoms with E-state index < -0.39 is 0 Å². The molecule has 88 valence electrons. The smallest absolute Gasteiger partial charge is 0.251 e. The SMILES string of the molecule is COCC(C)NC(=O)c1cc(Cl)nc(Cl)c1. The van der Waals surface area contributed by atoms with E-state index in [4.69, 9.17) is 27.9 Å². The zero-order valence-electron chi connectivity index (χ0n) is 8.96. The number of methoxy groups -OCH3 is 1. The van der Waals surface area contributed by atoms with Crippen LogP contribution in [0.1, 0.15) is 17.3 Å². The lowest BCUT2D eigenvalue weighted by Gasteiger charge is -2.12. The number of amides is 1. The van der Waals surface area contributed by atoms with E-state index in [9.17, 15) is 4.79 Å². The number of hydrogen-bond donors (Lipinski definition) is 1. The van der Waals surface area contributed by atoms with Crippen LogP contribution in [0.4, 0.5) is 0 Å². The first-order valence-electron chi connectivity index (χ1n) is 4.66. The molecule has 6 heteroatoms. The van der Waals surface area contributed by atoms with Gasteiger partial charge in [0.2, 0.25) is 0 Å². The number of rotatable bonds is 4. The maximum absolute atomic E-state index is 11.7. The Hall–Kier alpha value is -0.840. The maximum atomic E-state index is 11.7. The lowest BCUT2D eigenvalue weighted by molar-refractivity contribution is 0.0905. The minimum atomic E-state index is -0.254. The number of pyridine rings is 1. The second-order valence-corrected chi connectivity index (χ2v) is 4.11. The standard InChI is InChI=1S/C10H12Cl2N2O2/c1-6(5-16-2)13-10(15)7-3-8(11)14-9(12)4-7/h3-4,6H,5H2,1-2H3,(H,13,15). The third-order valence-corrected chi connectivity index (χ3v) is 2.21. The fourth-order valence-corrected chi connectivity index (χ4v) is 1.66. The van der Waals surface area contributed by atoms with Gasteiger partial charge in [-0.1, -0.05) is 23.2 Å². The molecule has 0 spiro atoms. The fourth-order valence-electron chi connectivity index (χ4n) is 1.19. The molecule has 0 fully saturated rings. The summed E-state index contributed by atoms with van der Waals surface area (Å²) in [6, 6.07) is 2.84. The Labute approximate surface area is 104 Å². The molecule has 0 bridgehead atoms. The van der Waals surface area contributed by atoms with Crippen LogP contribution in [0.3, 0.4) is 0 Å². The molecule has 1 aromatic rings. The number of halogens is 2. The van der Waals surface area contributed by atoms with Crippen molar-refractivity contribution in [3.8, 4) is 0 Å². The summed E-state index contributed by atoms with van der Waals surface area (Å²) in [6.07, 6.45) is 0. The van der Waals surface area contributed by atoms with Gasteiger partial charge < -0.3 is 10.1 Å². The van der Waals surface area contributed by atoms with Crippen LogP contribution >= 0.6 is 23.2 Å². The Morgan fingerprint density at radius 3 is 2.56 bits per heavy atom. The van der Waals surface area contributed by atoms with Crippen molar-refractivity contribution in [1.82, 2.24) is 10.3 Å². The minimum Gasteiger partial charge on any atom is -0.383 e. The molecule has 0 aromatic carbocycles. The van der Waals surface area contributed by atoms with Crippen LogP contribution in [0.15, 0.2) is 12.1 Å². The molecule has 1 amide bonds. The lowest BCUT2D eigenvalue weighted by atomic mass is 10.2. The van der Waals surface area contributed by atoms with Crippen molar-refractivity contribution in [2.75, 3.05) is 13.7 Å². The average Bonchev–Trinajstić information content (AvgIpc) is 2.16. The van der Waals surface area contributed by atoms with E-state index in [0.717, 1.165) is 0 Å². The van der Waals surface area contributed by atoms with Crippen molar-refractivity contribution in [3.63, 3.8) is 0 Å². The molecular formula is C10H12Cl2N2O2. The molecule has 0 aliphatic rings. The summed E-state index contributed by atoms with van der Waals surface area (Å²) in [5.41, 5.74) is 0.382. The van der Waals surface area contributed by atoms with Crippen LogP contribution in [0.5, 0.6) is 0 Å². The fraction of sp³-hybridized carbons (Fsp3) is 0.400. The highest BCUT2D eigenvalue weighted by Gasteiger charge is 2.11. The van der Waals surface area contributed by atoms with Gasteiger partial charge in [-0.15, -0.1) is 0 Å². The molecule has 0 saturated heterocycles. The second-order valence-electron chi connectivity index (χ2n) is 3.33. The maximum Gasteiger partial charge on any atom is 0.251 e. The molecule has 1 aromatic heterocycles.